The summed E-state index contributed by atoms with van der Waals surface area (Å²) in [7, 11) is 0. The van der Waals surface area contributed by atoms with Crippen molar-refractivity contribution in [3.8, 4) is 11.3 Å². The summed E-state index contributed by atoms with van der Waals surface area (Å²) in [6.45, 7) is 9.10. The highest BCUT2D eigenvalue weighted by atomic mass is 32.1. The molecule has 0 amide bonds. The van der Waals surface area contributed by atoms with Gasteiger partial charge in [-0.1, -0.05) is 42.5 Å². The van der Waals surface area contributed by atoms with Gasteiger partial charge in [0.25, 0.3) is 0 Å². The standard InChI is InChI=1S/C30H29F4N3O4S/c1-6-36-17(2)24(19-8-7-9-21(31)16-19)26(27(39)40)37(36)28-35-25(18-10-12-20(13-11-18)30(32,33)34)22(42-28)14-15-23(38)41-29(3,4)5/h7-17H,6H2,1-5H3,(H,39,40). The van der Waals surface area contributed by atoms with Gasteiger partial charge in [-0.15, -0.1) is 0 Å². The fourth-order valence-electron chi connectivity index (χ4n) is 4.65. The van der Waals surface area contributed by atoms with Gasteiger partial charge in [0.2, 0.25) is 5.13 Å². The monoisotopic (exact) mass is 603 g/mol. The van der Waals surface area contributed by atoms with E-state index in [0.29, 0.717) is 28.1 Å². The summed E-state index contributed by atoms with van der Waals surface area (Å²) in [6, 6.07) is 9.55. The van der Waals surface area contributed by atoms with Crippen LogP contribution in [0.3, 0.4) is 0 Å². The number of thiazole rings is 1. The molecule has 2 aromatic carbocycles. The molecule has 1 unspecified atom stereocenters. The molecule has 7 nitrogen and oxygen atoms in total. The number of halogens is 4. The molecule has 1 aliphatic heterocycles. The van der Waals surface area contributed by atoms with Gasteiger partial charge in [-0.05, 0) is 63.6 Å². The molecule has 222 valence electrons. The Hall–Kier alpha value is -4.03. The normalized spacial score (nSPS) is 16.5. The number of esters is 1. The molecule has 1 atom stereocenters. The Morgan fingerprint density at radius 1 is 1.10 bits per heavy atom. The third-order valence-electron chi connectivity index (χ3n) is 6.34. The first-order chi connectivity index (χ1) is 19.6. The van der Waals surface area contributed by atoms with Crippen LogP contribution in [-0.2, 0) is 20.5 Å². The number of anilines is 1. The fraction of sp³-hybridized carbons (Fsp3) is 0.300. The Balaban J connectivity index is 1.88. The van der Waals surface area contributed by atoms with Crippen molar-refractivity contribution in [2.45, 2.75) is 52.4 Å². The van der Waals surface area contributed by atoms with Gasteiger partial charge >= 0.3 is 18.1 Å². The highest BCUT2D eigenvalue weighted by Gasteiger charge is 2.42. The molecular formula is C30H29F4N3O4S. The summed E-state index contributed by atoms with van der Waals surface area (Å²) in [4.78, 5) is 30.2. The summed E-state index contributed by atoms with van der Waals surface area (Å²) >= 11 is 1.05. The zero-order valence-electron chi connectivity index (χ0n) is 23.5. The number of carboxylic acids is 1. The second kappa shape index (κ2) is 11.7. The number of rotatable bonds is 7. The van der Waals surface area contributed by atoms with Gasteiger partial charge in [0, 0.05) is 23.8 Å². The second-order valence-electron chi connectivity index (χ2n) is 10.5. The summed E-state index contributed by atoms with van der Waals surface area (Å²) in [5.74, 6) is -2.43. The quantitative estimate of drug-likeness (QED) is 0.173. The molecule has 1 N–H and O–H groups in total. The van der Waals surface area contributed by atoms with Crippen molar-refractivity contribution in [2.24, 2.45) is 0 Å². The van der Waals surface area contributed by atoms with Crippen LogP contribution in [-0.4, -0.2) is 45.2 Å². The lowest BCUT2D eigenvalue weighted by atomic mass is 9.98. The first-order valence-corrected chi connectivity index (χ1v) is 13.8. The summed E-state index contributed by atoms with van der Waals surface area (Å²) in [5.41, 5.74) is -0.379. The number of benzene rings is 2. The van der Waals surface area contributed by atoms with E-state index < -0.39 is 41.1 Å². The first kappa shape index (κ1) is 30.9. The summed E-state index contributed by atoms with van der Waals surface area (Å²) in [6.07, 6.45) is -1.91. The van der Waals surface area contributed by atoms with Crippen molar-refractivity contribution in [1.29, 1.82) is 0 Å². The Bertz CT molecular complexity index is 1560. The van der Waals surface area contributed by atoms with Crippen LogP contribution in [0.4, 0.5) is 22.7 Å². The average Bonchev–Trinajstić information content (AvgIpc) is 3.44. The Morgan fingerprint density at radius 2 is 1.76 bits per heavy atom. The number of likely N-dealkylation sites (N-methyl/N-ethyl adjacent to an activating group) is 1. The number of hydrogen-bond acceptors (Lipinski definition) is 7. The maximum atomic E-state index is 14.2. The van der Waals surface area contributed by atoms with Crippen LogP contribution in [0.2, 0.25) is 0 Å². The van der Waals surface area contributed by atoms with Crippen LogP contribution in [0.25, 0.3) is 22.9 Å². The maximum Gasteiger partial charge on any atom is 0.416 e. The number of ether oxygens (including phenoxy) is 1. The average molecular weight is 604 g/mol. The molecule has 2 heterocycles. The van der Waals surface area contributed by atoms with Crippen LogP contribution in [0.5, 0.6) is 0 Å². The molecule has 0 saturated carbocycles. The Morgan fingerprint density at radius 3 is 2.31 bits per heavy atom. The molecule has 1 aromatic heterocycles. The smallest absolute Gasteiger partial charge is 0.416 e. The van der Waals surface area contributed by atoms with Crippen LogP contribution < -0.4 is 5.01 Å². The SMILES string of the molecule is CCN1C(C)C(c2cccc(F)c2)=C(C(=O)O)N1c1nc(-c2ccc(C(F)(F)F)cc2)c(C=CC(=O)OC(C)(C)C)s1. The van der Waals surface area contributed by atoms with Crippen LogP contribution in [0.1, 0.15) is 50.6 Å². The van der Waals surface area contributed by atoms with Gasteiger partial charge in [0.05, 0.1) is 22.2 Å². The van der Waals surface area contributed by atoms with Gasteiger partial charge < -0.3 is 9.84 Å². The largest absolute Gasteiger partial charge is 0.477 e. The molecule has 42 heavy (non-hydrogen) atoms. The predicted octanol–water partition coefficient (Wildman–Crippen LogP) is 7.26. The zero-order chi connectivity index (χ0) is 31.0. The van der Waals surface area contributed by atoms with E-state index in [1.54, 1.807) is 38.8 Å². The van der Waals surface area contributed by atoms with Crippen molar-refractivity contribution in [3.05, 3.63) is 82.1 Å². The topological polar surface area (TPSA) is 83.0 Å². The molecular weight excluding hydrogens is 574 g/mol. The lowest BCUT2D eigenvalue weighted by Gasteiger charge is -2.30. The molecule has 0 saturated heterocycles. The Kier molecular flexibility index (Phi) is 8.60. The first-order valence-electron chi connectivity index (χ1n) is 13.0. The van der Waals surface area contributed by atoms with Crippen LogP contribution in [0.15, 0.2) is 60.3 Å². The van der Waals surface area contributed by atoms with Gasteiger partial charge in [-0.2, -0.15) is 13.2 Å². The number of hydrogen-bond donors (Lipinski definition) is 1. The molecule has 0 radical (unpaired) electrons. The zero-order valence-corrected chi connectivity index (χ0v) is 24.3. The van der Waals surface area contributed by atoms with Crippen molar-refractivity contribution in [1.82, 2.24) is 9.99 Å². The molecule has 4 rings (SSSR count). The van der Waals surface area contributed by atoms with Crippen molar-refractivity contribution in [2.75, 3.05) is 11.6 Å². The van der Waals surface area contributed by atoms with E-state index >= 15 is 0 Å². The number of hydrazine groups is 1. The number of alkyl halides is 3. The highest BCUT2D eigenvalue weighted by Crippen LogP contribution is 2.43. The van der Waals surface area contributed by atoms with Crippen LogP contribution in [0, 0.1) is 5.82 Å². The molecule has 0 fully saturated rings. The highest BCUT2D eigenvalue weighted by molar-refractivity contribution is 7.17. The minimum Gasteiger partial charge on any atom is -0.477 e. The molecule has 0 aliphatic carbocycles. The van der Waals surface area contributed by atoms with Crippen LogP contribution >= 0.6 is 11.3 Å². The minimum atomic E-state index is -4.53. The lowest BCUT2D eigenvalue weighted by molar-refractivity contribution is -0.148. The maximum absolute atomic E-state index is 14.2. The van der Waals surface area contributed by atoms with Crippen molar-refractivity contribution >= 4 is 40.1 Å². The van der Waals surface area contributed by atoms with Crippen molar-refractivity contribution in [3.63, 3.8) is 0 Å². The molecule has 0 spiro atoms. The lowest BCUT2D eigenvalue weighted by Crippen LogP contribution is -2.42. The molecule has 0 bridgehead atoms. The number of aromatic nitrogens is 1. The molecule has 12 heteroatoms. The third-order valence-corrected chi connectivity index (χ3v) is 7.33. The van der Waals surface area contributed by atoms with E-state index in [9.17, 15) is 32.3 Å². The summed E-state index contributed by atoms with van der Waals surface area (Å²) in [5, 5.41) is 13.7. The number of nitrogens with zero attached hydrogens (tertiary/aromatic N) is 3. The van der Waals surface area contributed by atoms with Crippen molar-refractivity contribution < 1.29 is 37.0 Å². The number of carbonyl (C=O) groups is 2. The van der Waals surface area contributed by atoms with E-state index in [2.05, 4.69) is 4.98 Å². The summed E-state index contributed by atoms with van der Waals surface area (Å²) < 4.78 is 59.1. The van der Waals surface area contributed by atoms with Gasteiger partial charge in [0.1, 0.15) is 11.4 Å². The third kappa shape index (κ3) is 6.55. The van der Waals surface area contributed by atoms with Gasteiger partial charge in [-0.3, -0.25) is 0 Å². The van der Waals surface area contributed by atoms with E-state index in [-0.39, 0.29) is 16.5 Å². The van der Waals surface area contributed by atoms with Gasteiger partial charge in [0.15, 0.2) is 5.70 Å². The van der Waals surface area contributed by atoms with E-state index in [4.69, 9.17) is 4.74 Å². The number of carboxylic acid groups (broad SMARTS) is 1. The molecule has 3 aromatic rings. The predicted molar refractivity (Wildman–Crippen MR) is 153 cm³/mol. The minimum absolute atomic E-state index is 0.134. The number of aliphatic carboxylic acids is 1. The van der Waals surface area contributed by atoms with E-state index in [1.165, 1.54) is 47.5 Å². The van der Waals surface area contributed by atoms with E-state index in [1.807, 2.05) is 6.92 Å². The Labute approximate surface area is 244 Å². The second-order valence-corrected chi connectivity index (χ2v) is 11.5. The fourth-order valence-corrected chi connectivity index (χ4v) is 5.66. The molecule has 1 aliphatic rings. The number of carbonyl (C=O) groups excluding carboxylic acids is 1. The van der Waals surface area contributed by atoms with E-state index in [0.717, 1.165) is 23.5 Å². The van der Waals surface area contributed by atoms with Gasteiger partial charge in [-0.25, -0.2) is 29.0 Å².